The Balaban J connectivity index is 1.59. The lowest BCUT2D eigenvalue weighted by Gasteiger charge is -2.29. The molecular formula is C25H21BrN2O5. The molecule has 0 spiro atoms. The summed E-state index contributed by atoms with van der Waals surface area (Å²) in [7, 11) is 3.13. The standard InChI is InChI=1S/C25H21BrN2O5/c1-31-18-10-6-9-17(14-18)27-24(29)21-22(15-11-12-20(32-2)19(26)13-15)28(33-23(21)25(27)30)16-7-4-3-5-8-16/h3-14,21-23H,1-2H3/t21-,22+,23+/m1/s1. The van der Waals surface area contributed by atoms with Crippen LogP contribution in [0.1, 0.15) is 11.6 Å². The number of fused-ring (bicyclic) bond motifs is 1. The number of carbonyl (C=O) groups is 2. The molecule has 2 heterocycles. The molecule has 0 unspecified atom stereocenters. The zero-order valence-corrected chi connectivity index (χ0v) is 19.6. The number of imide groups is 1. The van der Waals surface area contributed by atoms with Crippen LogP contribution < -0.4 is 19.4 Å². The Bertz CT molecular complexity index is 1220. The van der Waals surface area contributed by atoms with Crippen LogP contribution in [0.5, 0.6) is 11.5 Å². The molecule has 2 amide bonds. The van der Waals surface area contributed by atoms with E-state index < -0.39 is 24.0 Å². The Morgan fingerprint density at radius 1 is 0.848 bits per heavy atom. The van der Waals surface area contributed by atoms with E-state index in [2.05, 4.69) is 15.9 Å². The van der Waals surface area contributed by atoms with Crippen molar-refractivity contribution in [1.29, 1.82) is 0 Å². The van der Waals surface area contributed by atoms with Gasteiger partial charge in [-0.3, -0.25) is 14.4 Å². The number of hydrogen-bond acceptors (Lipinski definition) is 6. The van der Waals surface area contributed by atoms with Crippen LogP contribution in [0.4, 0.5) is 11.4 Å². The number of amides is 2. The average Bonchev–Trinajstić information content (AvgIpc) is 3.35. The number of carbonyl (C=O) groups excluding carboxylic acids is 2. The van der Waals surface area contributed by atoms with Crippen LogP contribution in [0.3, 0.4) is 0 Å². The van der Waals surface area contributed by atoms with Crippen LogP contribution in [0.2, 0.25) is 0 Å². The van der Waals surface area contributed by atoms with Crippen molar-refractivity contribution < 1.29 is 23.9 Å². The highest BCUT2D eigenvalue weighted by atomic mass is 79.9. The van der Waals surface area contributed by atoms with E-state index in [1.54, 1.807) is 43.5 Å². The smallest absolute Gasteiger partial charge is 0.266 e. The summed E-state index contributed by atoms with van der Waals surface area (Å²) in [6, 6.07) is 21.5. The van der Waals surface area contributed by atoms with E-state index in [1.165, 1.54) is 4.90 Å². The first-order chi connectivity index (χ1) is 16.0. The van der Waals surface area contributed by atoms with E-state index in [-0.39, 0.29) is 5.91 Å². The molecule has 0 saturated carbocycles. The fraction of sp³-hybridized carbons (Fsp3) is 0.200. The molecular weight excluding hydrogens is 488 g/mol. The Morgan fingerprint density at radius 3 is 2.30 bits per heavy atom. The first-order valence-electron chi connectivity index (χ1n) is 10.4. The third-order valence-electron chi connectivity index (χ3n) is 5.95. The second kappa shape index (κ2) is 8.53. The predicted octanol–water partition coefficient (Wildman–Crippen LogP) is 4.52. The lowest BCUT2D eigenvalue weighted by atomic mass is 9.90. The van der Waals surface area contributed by atoms with Gasteiger partial charge >= 0.3 is 0 Å². The third kappa shape index (κ3) is 3.55. The monoisotopic (exact) mass is 508 g/mol. The second-order valence-electron chi connectivity index (χ2n) is 7.77. The fourth-order valence-corrected chi connectivity index (χ4v) is 4.98. The molecule has 168 valence electrons. The number of hydrogen-bond donors (Lipinski definition) is 0. The lowest BCUT2D eigenvalue weighted by molar-refractivity contribution is -0.126. The normalized spacial score (nSPS) is 22.0. The van der Waals surface area contributed by atoms with Gasteiger partial charge in [-0.15, -0.1) is 0 Å². The Kier molecular flexibility index (Phi) is 5.55. The van der Waals surface area contributed by atoms with E-state index in [0.717, 1.165) is 15.7 Å². The van der Waals surface area contributed by atoms with Crippen LogP contribution in [-0.2, 0) is 14.4 Å². The summed E-state index contributed by atoms with van der Waals surface area (Å²) in [6.45, 7) is 0. The quantitative estimate of drug-likeness (QED) is 0.472. The summed E-state index contributed by atoms with van der Waals surface area (Å²) >= 11 is 3.53. The first kappa shape index (κ1) is 21.5. The molecule has 0 N–H and O–H groups in total. The summed E-state index contributed by atoms with van der Waals surface area (Å²) in [5.41, 5.74) is 2.05. The van der Waals surface area contributed by atoms with Gasteiger partial charge in [0.25, 0.3) is 5.91 Å². The number of rotatable bonds is 5. The van der Waals surface area contributed by atoms with Gasteiger partial charge in [-0.2, -0.15) is 0 Å². The van der Waals surface area contributed by atoms with Crippen molar-refractivity contribution in [1.82, 2.24) is 0 Å². The van der Waals surface area contributed by atoms with Crippen LogP contribution >= 0.6 is 15.9 Å². The number of para-hydroxylation sites is 1. The zero-order valence-electron chi connectivity index (χ0n) is 18.0. The number of anilines is 2. The maximum atomic E-state index is 13.7. The lowest BCUT2D eigenvalue weighted by Crippen LogP contribution is -2.37. The highest BCUT2D eigenvalue weighted by Gasteiger charge is 2.60. The van der Waals surface area contributed by atoms with Gasteiger partial charge in [0, 0.05) is 6.07 Å². The Hall–Kier alpha value is -3.36. The van der Waals surface area contributed by atoms with Gasteiger partial charge < -0.3 is 9.47 Å². The van der Waals surface area contributed by atoms with Gasteiger partial charge in [0.15, 0.2) is 6.10 Å². The molecule has 0 radical (unpaired) electrons. The van der Waals surface area contributed by atoms with Crippen LogP contribution in [-0.4, -0.2) is 32.1 Å². The third-order valence-corrected chi connectivity index (χ3v) is 6.57. The minimum Gasteiger partial charge on any atom is -0.497 e. The van der Waals surface area contributed by atoms with Crippen LogP contribution in [0.25, 0.3) is 0 Å². The summed E-state index contributed by atoms with van der Waals surface area (Å²) < 4.78 is 11.4. The van der Waals surface area contributed by atoms with Crippen LogP contribution in [0.15, 0.2) is 77.3 Å². The molecule has 3 atom stereocenters. The van der Waals surface area contributed by atoms with Crippen molar-refractivity contribution in [2.75, 3.05) is 24.2 Å². The van der Waals surface area contributed by atoms with E-state index in [9.17, 15) is 9.59 Å². The zero-order chi connectivity index (χ0) is 23.1. The number of nitrogens with zero attached hydrogens (tertiary/aromatic N) is 2. The molecule has 0 aliphatic carbocycles. The minimum atomic E-state index is -0.935. The average molecular weight is 509 g/mol. The largest absolute Gasteiger partial charge is 0.497 e. The number of methoxy groups -OCH3 is 2. The fourth-order valence-electron chi connectivity index (χ4n) is 4.42. The summed E-state index contributed by atoms with van der Waals surface area (Å²) in [4.78, 5) is 34.5. The van der Waals surface area contributed by atoms with Gasteiger partial charge in [-0.05, 0) is 57.9 Å². The molecule has 33 heavy (non-hydrogen) atoms. The number of benzene rings is 3. The number of halogens is 1. The maximum absolute atomic E-state index is 13.7. The summed E-state index contributed by atoms with van der Waals surface area (Å²) in [5, 5.41) is 1.67. The molecule has 0 bridgehead atoms. The van der Waals surface area contributed by atoms with E-state index in [1.807, 2.05) is 48.5 Å². The van der Waals surface area contributed by atoms with Gasteiger partial charge in [0.1, 0.15) is 17.4 Å². The molecule has 3 aromatic rings. The minimum absolute atomic E-state index is 0.311. The predicted molar refractivity (Wildman–Crippen MR) is 126 cm³/mol. The SMILES string of the molecule is COc1cccc(N2C(=O)[C@H]3[C@H](ON(c4ccccc4)[C@H]3c3ccc(OC)c(Br)c3)C2=O)c1. The molecule has 7 nitrogen and oxygen atoms in total. The molecule has 2 fully saturated rings. The van der Waals surface area contributed by atoms with Crippen molar-refractivity contribution >= 4 is 39.1 Å². The van der Waals surface area contributed by atoms with Gasteiger partial charge in [0.2, 0.25) is 5.91 Å². The highest BCUT2D eigenvalue weighted by molar-refractivity contribution is 9.10. The number of hydroxylamine groups is 1. The second-order valence-corrected chi connectivity index (χ2v) is 8.62. The Labute approximate surface area is 199 Å². The Morgan fingerprint density at radius 2 is 1.61 bits per heavy atom. The van der Waals surface area contributed by atoms with Crippen molar-refractivity contribution in [2.24, 2.45) is 5.92 Å². The first-order valence-corrected chi connectivity index (χ1v) is 11.2. The van der Waals surface area contributed by atoms with Crippen LogP contribution in [0, 0.1) is 5.92 Å². The summed E-state index contributed by atoms with van der Waals surface area (Å²) in [5.74, 6) is -0.188. The molecule has 2 aliphatic heterocycles. The molecule has 3 aromatic carbocycles. The van der Waals surface area contributed by atoms with E-state index >= 15 is 0 Å². The van der Waals surface area contributed by atoms with E-state index in [0.29, 0.717) is 17.2 Å². The van der Waals surface area contributed by atoms with Gasteiger partial charge in [0.05, 0.1) is 36.1 Å². The molecule has 2 aliphatic rings. The van der Waals surface area contributed by atoms with Crippen molar-refractivity contribution in [2.45, 2.75) is 12.1 Å². The van der Waals surface area contributed by atoms with E-state index in [4.69, 9.17) is 14.3 Å². The highest BCUT2D eigenvalue weighted by Crippen LogP contribution is 2.48. The van der Waals surface area contributed by atoms with Gasteiger partial charge in [-0.1, -0.05) is 30.3 Å². The maximum Gasteiger partial charge on any atom is 0.266 e. The topological polar surface area (TPSA) is 68.3 Å². The molecule has 8 heteroatoms. The summed E-state index contributed by atoms with van der Waals surface area (Å²) in [6.07, 6.45) is -0.935. The van der Waals surface area contributed by atoms with Crippen molar-refractivity contribution in [3.63, 3.8) is 0 Å². The molecule has 0 aromatic heterocycles. The van der Waals surface area contributed by atoms with Crippen molar-refractivity contribution in [3.05, 3.63) is 82.8 Å². The molecule has 2 saturated heterocycles. The molecule has 5 rings (SSSR count). The number of ether oxygens (including phenoxy) is 2. The van der Waals surface area contributed by atoms with Crippen molar-refractivity contribution in [3.8, 4) is 11.5 Å². The van der Waals surface area contributed by atoms with Gasteiger partial charge in [-0.25, -0.2) is 9.96 Å².